The Balaban J connectivity index is 2.98. The summed E-state index contributed by atoms with van der Waals surface area (Å²) in [5.41, 5.74) is 2.11. The van der Waals surface area contributed by atoms with Crippen molar-refractivity contribution in [2.24, 2.45) is 0 Å². The standard InChI is InChI=1S/C11H11ClO/c1-9-8-11(13-2)6-5-10(9)4-3-7-12/h5-6,8H,7H2,1-2H3. The van der Waals surface area contributed by atoms with Gasteiger partial charge in [-0.1, -0.05) is 11.8 Å². The van der Waals surface area contributed by atoms with Gasteiger partial charge in [-0.2, -0.15) is 0 Å². The van der Waals surface area contributed by atoms with E-state index in [2.05, 4.69) is 11.8 Å². The van der Waals surface area contributed by atoms with Gasteiger partial charge in [-0.25, -0.2) is 0 Å². The van der Waals surface area contributed by atoms with Crippen LogP contribution in [0.3, 0.4) is 0 Å². The van der Waals surface area contributed by atoms with Crippen molar-refractivity contribution >= 4 is 11.6 Å². The van der Waals surface area contributed by atoms with E-state index in [-0.39, 0.29) is 0 Å². The summed E-state index contributed by atoms with van der Waals surface area (Å²) in [5, 5.41) is 0. The zero-order chi connectivity index (χ0) is 9.68. The lowest BCUT2D eigenvalue weighted by Crippen LogP contribution is -1.86. The minimum atomic E-state index is 0.367. The Hall–Kier alpha value is -1.13. The fourth-order valence-corrected chi connectivity index (χ4v) is 1.10. The summed E-state index contributed by atoms with van der Waals surface area (Å²) >= 11 is 5.46. The van der Waals surface area contributed by atoms with E-state index in [4.69, 9.17) is 16.3 Å². The van der Waals surface area contributed by atoms with Crippen molar-refractivity contribution in [3.8, 4) is 17.6 Å². The summed E-state index contributed by atoms with van der Waals surface area (Å²) in [6.07, 6.45) is 0. The normalized spacial score (nSPS) is 8.85. The number of ether oxygens (including phenoxy) is 1. The lowest BCUT2D eigenvalue weighted by atomic mass is 10.1. The Morgan fingerprint density at radius 3 is 2.77 bits per heavy atom. The lowest BCUT2D eigenvalue weighted by Gasteiger charge is -2.02. The monoisotopic (exact) mass is 194 g/mol. The molecular formula is C11H11ClO. The molecule has 0 aliphatic carbocycles. The highest BCUT2D eigenvalue weighted by Gasteiger charge is 1.96. The van der Waals surface area contributed by atoms with Gasteiger partial charge in [0, 0.05) is 5.56 Å². The first-order valence-electron chi connectivity index (χ1n) is 3.97. The van der Waals surface area contributed by atoms with Crippen molar-refractivity contribution in [3.63, 3.8) is 0 Å². The number of hydrogen-bond acceptors (Lipinski definition) is 1. The number of aryl methyl sites for hydroxylation is 1. The zero-order valence-electron chi connectivity index (χ0n) is 7.73. The quantitative estimate of drug-likeness (QED) is 0.493. The molecule has 13 heavy (non-hydrogen) atoms. The largest absolute Gasteiger partial charge is 0.497 e. The average molecular weight is 195 g/mol. The van der Waals surface area contributed by atoms with Crippen molar-refractivity contribution in [2.45, 2.75) is 6.92 Å². The Bertz CT molecular complexity index is 347. The number of methoxy groups -OCH3 is 1. The Labute approximate surface area is 83.7 Å². The third-order valence-corrected chi connectivity index (χ3v) is 1.86. The van der Waals surface area contributed by atoms with Crippen LogP contribution in [0.15, 0.2) is 18.2 Å². The molecule has 0 N–H and O–H groups in total. The molecular weight excluding hydrogens is 184 g/mol. The molecule has 0 unspecified atom stereocenters. The fraction of sp³-hybridized carbons (Fsp3) is 0.273. The summed E-state index contributed by atoms with van der Waals surface area (Å²) in [4.78, 5) is 0. The van der Waals surface area contributed by atoms with Crippen LogP contribution in [-0.2, 0) is 0 Å². The van der Waals surface area contributed by atoms with Gasteiger partial charge in [-0.15, -0.1) is 11.6 Å². The third kappa shape index (κ3) is 2.68. The summed E-state index contributed by atoms with van der Waals surface area (Å²) in [7, 11) is 1.65. The molecule has 2 heteroatoms. The average Bonchev–Trinajstić information content (AvgIpc) is 2.16. The van der Waals surface area contributed by atoms with Gasteiger partial charge in [0.1, 0.15) is 5.75 Å². The number of hydrogen-bond donors (Lipinski definition) is 0. The second-order valence-electron chi connectivity index (χ2n) is 2.62. The second-order valence-corrected chi connectivity index (χ2v) is 2.88. The van der Waals surface area contributed by atoms with Crippen LogP contribution in [0.4, 0.5) is 0 Å². The SMILES string of the molecule is COc1ccc(C#CCCl)c(C)c1. The number of halogens is 1. The molecule has 0 bridgehead atoms. The van der Waals surface area contributed by atoms with E-state index in [1.807, 2.05) is 25.1 Å². The van der Waals surface area contributed by atoms with Gasteiger partial charge in [-0.05, 0) is 30.7 Å². The first kappa shape index (κ1) is 9.95. The molecule has 0 saturated carbocycles. The molecule has 0 heterocycles. The third-order valence-electron chi connectivity index (χ3n) is 1.72. The van der Waals surface area contributed by atoms with Gasteiger partial charge in [0.25, 0.3) is 0 Å². The van der Waals surface area contributed by atoms with E-state index in [1.165, 1.54) is 0 Å². The first-order chi connectivity index (χ1) is 6.27. The maximum Gasteiger partial charge on any atom is 0.119 e. The highest BCUT2D eigenvalue weighted by molar-refractivity contribution is 6.19. The van der Waals surface area contributed by atoms with E-state index >= 15 is 0 Å². The van der Waals surface area contributed by atoms with Gasteiger partial charge < -0.3 is 4.74 Å². The van der Waals surface area contributed by atoms with Crippen molar-refractivity contribution in [3.05, 3.63) is 29.3 Å². The molecule has 0 fully saturated rings. The molecule has 0 aliphatic rings. The van der Waals surface area contributed by atoms with Gasteiger partial charge in [0.05, 0.1) is 13.0 Å². The van der Waals surface area contributed by atoms with Gasteiger partial charge in [0.2, 0.25) is 0 Å². The molecule has 0 spiro atoms. The Kier molecular flexibility index (Phi) is 3.67. The highest BCUT2D eigenvalue weighted by Crippen LogP contribution is 2.15. The van der Waals surface area contributed by atoms with Gasteiger partial charge in [0.15, 0.2) is 0 Å². The molecule has 1 rings (SSSR count). The molecule has 1 nitrogen and oxygen atoms in total. The Morgan fingerprint density at radius 1 is 1.46 bits per heavy atom. The zero-order valence-corrected chi connectivity index (χ0v) is 8.48. The van der Waals surface area contributed by atoms with Crippen molar-refractivity contribution in [1.29, 1.82) is 0 Å². The summed E-state index contributed by atoms with van der Waals surface area (Å²) in [5.74, 6) is 7.02. The van der Waals surface area contributed by atoms with Crippen LogP contribution in [0.1, 0.15) is 11.1 Å². The molecule has 0 saturated heterocycles. The molecule has 68 valence electrons. The van der Waals surface area contributed by atoms with Crippen LogP contribution in [-0.4, -0.2) is 13.0 Å². The van der Waals surface area contributed by atoms with E-state index in [1.54, 1.807) is 7.11 Å². The molecule has 0 aromatic heterocycles. The molecule has 0 aliphatic heterocycles. The van der Waals surface area contributed by atoms with E-state index < -0.39 is 0 Å². The van der Waals surface area contributed by atoms with Crippen LogP contribution in [0.25, 0.3) is 0 Å². The Morgan fingerprint density at radius 2 is 2.23 bits per heavy atom. The van der Waals surface area contributed by atoms with Crippen LogP contribution in [0.5, 0.6) is 5.75 Å². The smallest absolute Gasteiger partial charge is 0.119 e. The van der Waals surface area contributed by atoms with Crippen molar-refractivity contribution in [1.82, 2.24) is 0 Å². The van der Waals surface area contributed by atoms with E-state index in [0.29, 0.717) is 5.88 Å². The van der Waals surface area contributed by atoms with Crippen molar-refractivity contribution < 1.29 is 4.74 Å². The van der Waals surface area contributed by atoms with Crippen LogP contribution in [0, 0.1) is 18.8 Å². The predicted molar refractivity (Wildman–Crippen MR) is 55.3 cm³/mol. The van der Waals surface area contributed by atoms with Crippen molar-refractivity contribution in [2.75, 3.05) is 13.0 Å². The van der Waals surface area contributed by atoms with Crippen LogP contribution in [0.2, 0.25) is 0 Å². The molecule has 1 aromatic rings. The number of benzene rings is 1. The maximum atomic E-state index is 5.46. The summed E-state index contributed by atoms with van der Waals surface area (Å²) < 4.78 is 5.08. The molecule has 1 aromatic carbocycles. The maximum absolute atomic E-state index is 5.46. The number of alkyl halides is 1. The second kappa shape index (κ2) is 4.79. The number of rotatable bonds is 1. The lowest BCUT2D eigenvalue weighted by molar-refractivity contribution is 0.414. The van der Waals surface area contributed by atoms with Crippen LogP contribution >= 0.6 is 11.6 Å². The predicted octanol–water partition coefficient (Wildman–Crippen LogP) is 2.59. The molecule has 0 radical (unpaired) electrons. The minimum Gasteiger partial charge on any atom is -0.497 e. The van der Waals surface area contributed by atoms with Gasteiger partial charge in [-0.3, -0.25) is 0 Å². The molecule has 0 amide bonds. The fourth-order valence-electron chi connectivity index (χ4n) is 1.03. The van der Waals surface area contributed by atoms with E-state index in [9.17, 15) is 0 Å². The van der Waals surface area contributed by atoms with Crippen LogP contribution < -0.4 is 4.74 Å². The summed E-state index contributed by atoms with van der Waals surface area (Å²) in [6, 6.07) is 5.79. The summed E-state index contributed by atoms with van der Waals surface area (Å²) in [6.45, 7) is 2.00. The first-order valence-corrected chi connectivity index (χ1v) is 4.51. The van der Waals surface area contributed by atoms with Gasteiger partial charge >= 0.3 is 0 Å². The highest BCUT2D eigenvalue weighted by atomic mass is 35.5. The molecule has 0 atom stereocenters. The topological polar surface area (TPSA) is 9.23 Å². The minimum absolute atomic E-state index is 0.367. The van der Waals surface area contributed by atoms with E-state index in [0.717, 1.165) is 16.9 Å².